The number of aliphatic hydroxyl groups is 1. The number of hydrogen-bond donors (Lipinski definition) is 4. The zero-order chi connectivity index (χ0) is 15.2. The predicted molar refractivity (Wildman–Crippen MR) is 84.9 cm³/mol. The molecule has 116 valence electrons. The number of rotatable bonds is 10. The highest BCUT2D eigenvalue weighted by atomic mass is 28.4. The first-order valence-electron chi connectivity index (χ1n) is 7.03. The molecular weight excluding hydrogens is 276 g/mol. The summed E-state index contributed by atoms with van der Waals surface area (Å²) in [5, 5.41) is 13.2. The van der Waals surface area contributed by atoms with E-state index in [9.17, 15) is 9.90 Å². The molecule has 0 radical (unpaired) electrons. The fourth-order valence-corrected chi connectivity index (χ4v) is 13.1. The Labute approximate surface area is 119 Å². The second kappa shape index (κ2) is 7.87. The molecule has 0 aromatic heterocycles. The Morgan fingerprint density at radius 1 is 1.21 bits per heavy atom. The highest BCUT2D eigenvalue weighted by molar-refractivity contribution is 6.89. The largest absolute Gasteiger partial charge is 0.432 e. The van der Waals surface area contributed by atoms with Crippen LogP contribution in [0, 0.1) is 0 Å². The zero-order valence-corrected chi connectivity index (χ0v) is 15.1. The summed E-state index contributed by atoms with van der Waals surface area (Å²) >= 11 is 0. The molecule has 0 spiro atoms. The van der Waals surface area contributed by atoms with Crippen molar-refractivity contribution in [3.8, 4) is 0 Å². The molecule has 0 fully saturated rings. The van der Waals surface area contributed by atoms with Crippen LogP contribution in [-0.2, 0) is 4.43 Å². The molecule has 0 bridgehead atoms. The van der Waals surface area contributed by atoms with Gasteiger partial charge in [-0.15, -0.1) is 0 Å². The van der Waals surface area contributed by atoms with Gasteiger partial charge in [0.2, 0.25) is 0 Å². The van der Waals surface area contributed by atoms with Crippen molar-refractivity contribution in [3.63, 3.8) is 0 Å². The maximum Gasteiger partial charge on any atom is 0.193 e. The number of nitrogens with one attached hydrogen (secondary N) is 1. The van der Waals surface area contributed by atoms with Gasteiger partial charge in [-0.05, 0) is 58.2 Å². The van der Waals surface area contributed by atoms with E-state index in [1.165, 1.54) is 0 Å². The molecule has 0 aromatic rings. The second-order valence-corrected chi connectivity index (χ2v) is 15.3. The zero-order valence-electron chi connectivity index (χ0n) is 13.1. The Balaban J connectivity index is 4.41. The molecule has 0 aliphatic carbocycles. The van der Waals surface area contributed by atoms with Crippen LogP contribution in [0.3, 0.4) is 0 Å². The van der Waals surface area contributed by atoms with Gasteiger partial charge in [0.15, 0.2) is 16.6 Å². The van der Waals surface area contributed by atoms with Gasteiger partial charge in [-0.1, -0.05) is 0 Å². The molecule has 0 aromatic carbocycles. The summed E-state index contributed by atoms with van der Waals surface area (Å²) in [6.07, 6.45) is 0.989. The normalized spacial score (nSPS) is 16.4. The van der Waals surface area contributed by atoms with Crippen LogP contribution < -0.4 is 11.1 Å². The molecule has 19 heavy (non-hydrogen) atoms. The van der Waals surface area contributed by atoms with E-state index in [-0.39, 0.29) is 0 Å². The van der Waals surface area contributed by atoms with Crippen LogP contribution in [0.2, 0.25) is 31.4 Å². The lowest BCUT2D eigenvalue weighted by Gasteiger charge is -2.37. The Kier molecular flexibility index (Phi) is 7.97. The highest BCUT2D eigenvalue weighted by Gasteiger charge is 2.39. The van der Waals surface area contributed by atoms with Gasteiger partial charge in [0, 0.05) is 13.1 Å². The van der Waals surface area contributed by atoms with Crippen molar-refractivity contribution in [1.82, 2.24) is 5.32 Å². The van der Waals surface area contributed by atoms with Crippen molar-refractivity contribution in [1.29, 1.82) is 0 Å². The summed E-state index contributed by atoms with van der Waals surface area (Å²) in [6.45, 7) is 11.7. The van der Waals surface area contributed by atoms with Crippen molar-refractivity contribution in [2.75, 3.05) is 19.6 Å². The van der Waals surface area contributed by atoms with Gasteiger partial charge in [-0.3, -0.25) is 0 Å². The lowest BCUT2D eigenvalue weighted by molar-refractivity contribution is -0.112. The molecule has 0 aliphatic heterocycles. The van der Waals surface area contributed by atoms with Crippen LogP contribution >= 0.6 is 0 Å². The van der Waals surface area contributed by atoms with E-state index in [2.05, 4.69) is 11.9 Å². The predicted octanol–water partition coefficient (Wildman–Crippen LogP) is 0.982. The monoisotopic (exact) mass is 308 g/mol. The molecule has 0 rings (SSSR count). The van der Waals surface area contributed by atoms with Crippen LogP contribution in [0.4, 0.5) is 0 Å². The molecule has 5 N–H and O–H groups in total. The molecule has 0 aliphatic rings. The van der Waals surface area contributed by atoms with Crippen molar-refractivity contribution < 1.29 is 14.3 Å². The smallest absolute Gasteiger partial charge is 0.193 e. The van der Waals surface area contributed by atoms with Gasteiger partial charge in [0.1, 0.15) is 5.79 Å². The standard InChI is InChI=1S/C12H32N2O3Si2/c1-12(2,15)17-19(5,11-18(3,4)16)10-6-8-14-9-7-13/h14-16H,6-11,13H2,1-5H3. The average molecular weight is 309 g/mol. The lowest BCUT2D eigenvalue weighted by atomic mass is 10.4. The van der Waals surface area contributed by atoms with Crippen LogP contribution in [0.5, 0.6) is 0 Å². The summed E-state index contributed by atoms with van der Waals surface area (Å²) in [6, 6.07) is 0.936. The van der Waals surface area contributed by atoms with Gasteiger partial charge < -0.3 is 25.4 Å². The minimum atomic E-state index is -2.18. The molecule has 5 nitrogen and oxygen atoms in total. The van der Waals surface area contributed by atoms with Crippen molar-refractivity contribution in [2.45, 2.75) is 57.4 Å². The first kappa shape index (κ1) is 19.2. The van der Waals surface area contributed by atoms with E-state index < -0.39 is 22.4 Å². The van der Waals surface area contributed by atoms with E-state index in [4.69, 9.17) is 10.2 Å². The third-order valence-electron chi connectivity index (χ3n) is 2.68. The van der Waals surface area contributed by atoms with Crippen molar-refractivity contribution in [2.24, 2.45) is 5.73 Å². The third kappa shape index (κ3) is 11.7. The van der Waals surface area contributed by atoms with Crippen LogP contribution in [-0.4, -0.2) is 52.0 Å². The molecule has 0 saturated heterocycles. The van der Waals surface area contributed by atoms with E-state index in [1.807, 2.05) is 13.1 Å². The lowest BCUT2D eigenvalue weighted by Crippen LogP contribution is -2.49. The quantitative estimate of drug-likeness (QED) is 0.274. The first-order valence-corrected chi connectivity index (χ1v) is 13.0. The van der Waals surface area contributed by atoms with Gasteiger partial charge in [0.05, 0.1) is 0 Å². The maximum atomic E-state index is 10.2. The fourth-order valence-electron chi connectivity index (χ4n) is 2.51. The minimum Gasteiger partial charge on any atom is -0.432 e. The molecule has 0 heterocycles. The molecule has 1 unspecified atom stereocenters. The first-order chi connectivity index (χ1) is 8.47. The van der Waals surface area contributed by atoms with Crippen molar-refractivity contribution in [3.05, 3.63) is 0 Å². The number of nitrogens with two attached hydrogens (primary N) is 1. The summed E-state index contributed by atoms with van der Waals surface area (Å²) in [5.41, 5.74) is 6.17. The Morgan fingerprint density at radius 3 is 2.21 bits per heavy atom. The van der Waals surface area contributed by atoms with Crippen LogP contribution in [0.25, 0.3) is 0 Å². The highest BCUT2D eigenvalue weighted by Crippen LogP contribution is 2.28. The summed E-state index contributed by atoms with van der Waals surface area (Å²) < 4.78 is 5.92. The minimum absolute atomic E-state index is 0.644. The summed E-state index contributed by atoms with van der Waals surface area (Å²) in [7, 11) is -4.27. The molecule has 1 atom stereocenters. The SMILES string of the molecule is CC(C)(O)O[Si](C)(CCCNCCN)C[Si](C)(C)O. The topological polar surface area (TPSA) is 87.7 Å². The molecular formula is C12H32N2O3Si2. The van der Waals surface area contributed by atoms with E-state index >= 15 is 0 Å². The van der Waals surface area contributed by atoms with E-state index in [0.717, 1.165) is 31.2 Å². The maximum absolute atomic E-state index is 10.2. The van der Waals surface area contributed by atoms with Crippen LogP contribution in [0.15, 0.2) is 0 Å². The summed E-state index contributed by atoms with van der Waals surface area (Å²) in [4.78, 5) is 10.2. The third-order valence-corrected chi connectivity index (χ3v) is 11.5. The van der Waals surface area contributed by atoms with Gasteiger partial charge in [-0.25, -0.2) is 0 Å². The average Bonchev–Trinajstić information content (AvgIpc) is 2.10. The molecule has 0 amide bonds. The second-order valence-electron chi connectivity index (χ2n) is 6.63. The van der Waals surface area contributed by atoms with E-state index in [0.29, 0.717) is 6.54 Å². The Morgan fingerprint density at radius 2 is 1.79 bits per heavy atom. The fraction of sp³-hybridized carbons (Fsp3) is 1.00. The Bertz CT molecular complexity index is 236. The molecule has 0 saturated carbocycles. The van der Waals surface area contributed by atoms with E-state index in [1.54, 1.807) is 13.8 Å². The van der Waals surface area contributed by atoms with Crippen LogP contribution in [0.1, 0.15) is 20.3 Å². The van der Waals surface area contributed by atoms with Gasteiger partial charge in [0.25, 0.3) is 0 Å². The molecule has 7 heteroatoms. The number of hydrogen-bond acceptors (Lipinski definition) is 5. The van der Waals surface area contributed by atoms with Crippen molar-refractivity contribution >= 4 is 16.6 Å². The van der Waals surface area contributed by atoms with Gasteiger partial charge in [-0.2, -0.15) is 0 Å². The Hall–Kier alpha value is 0.234. The summed E-state index contributed by atoms with van der Waals surface area (Å²) in [5.74, 6) is -1.12. The van der Waals surface area contributed by atoms with Gasteiger partial charge >= 0.3 is 0 Å².